The number of aliphatic carboxylic acids is 1. The Labute approximate surface area is 119 Å². The SMILES string of the molecule is O=C(O)C1(S(=O)(=O)c2ccc(Br)cc2)CC2(CC2)C1. The fourth-order valence-electron chi connectivity index (χ4n) is 2.99. The number of sulfone groups is 1. The first-order valence-electron chi connectivity index (χ1n) is 6.05. The summed E-state index contributed by atoms with van der Waals surface area (Å²) >= 11 is 3.24. The van der Waals surface area contributed by atoms with Gasteiger partial charge >= 0.3 is 5.97 Å². The van der Waals surface area contributed by atoms with E-state index < -0.39 is 20.6 Å². The molecule has 4 nitrogen and oxygen atoms in total. The molecule has 0 aliphatic heterocycles. The number of benzene rings is 1. The zero-order valence-electron chi connectivity index (χ0n) is 10.1. The van der Waals surface area contributed by atoms with Crippen LogP contribution in [0.25, 0.3) is 0 Å². The number of carbonyl (C=O) groups is 1. The van der Waals surface area contributed by atoms with Crippen LogP contribution in [0.1, 0.15) is 25.7 Å². The van der Waals surface area contributed by atoms with E-state index in [4.69, 9.17) is 0 Å². The molecule has 1 aromatic rings. The summed E-state index contributed by atoms with van der Waals surface area (Å²) in [5, 5.41) is 9.41. The van der Waals surface area contributed by atoms with Crippen molar-refractivity contribution >= 4 is 31.7 Å². The number of rotatable bonds is 3. The smallest absolute Gasteiger partial charge is 0.325 e. The summed E-state index contributed by atoms with van der Waals surface area (Å²) in [6, 6.07) is 6.16. The van der Waals surface area contributed by atoms with E-state index in [9.17, 15) is 18.3 Å². The van der Waals surface area contributed by atoms with Gasteiger partial charge in [-0.1, -0.05) is 15.9 Å². The van der Waals surface area contributed by atoms with Crippen LogP contribution >= 0.6 is 15.9 Å². The molecule has 2 fully saturated rings. The summed E-state index contributed by atoms with van der Waals surface area (Å²) in [6.07, 6.45) is 2.43. The third-order valence-corrected chi connectivity index (χ3v) is 7.22. The van der Waals surface area contributed by atoms with Crippen molar-refractivity contribution in [2.24, 2.45) is 5.41 Å². The highest BCUT2D eigenvalue weighted by atomic mass is 79.9. The Balaban J connectivity index is 2.03. The molecule has 0 bridgehead atoms. The lowest BCUT2D eigenvalue weighted by atomic mass is 9.71. The summed E-state index contributed by atoms with van der Waals surface area (Å²) in [4.78, 5) is 11.6. The van der Waals surface area contributed by atoms with Crippen LogP contribution in [0.2, 0.25) is 0 Å². The van der Waals surface area contributed by atoms with Gasteiger partial charge in [-0.25, -0.2) is 8.42 Å². The molecule has 3 rings (SSSR count). The Hall–Kier alpha value is -0.880. The Morgan fingerprint density at radius 2 is 1.68 bits per heavy atom. The lowest BCUT2D eigenvalue weighted by molar-refractivity contribution is -0.144. The van der Waals surface area contributed by atoms with Gasteiger partial charge in [0.1, 0.15) is 0 Å². The zero-order valence-corrected chi connectivity index (χ0v) is 12.5. The summed E-state index contributed by atoms with van der Waals surface area (Å²) in [6.45, 7) is 0. The van der Waals surface area contributed by atoms with Gasteiger partial charge in [-0.3, -0.25) is 4.79 Å². The van der Waals surface area contributed by atoms with Gasteiger partial charge in [0, 0.05) is 4.47 Å². The van der Waals surface area contributed by atoms with Crippen molar-refractivity contribution in [2.75, 3.05) is 0 Å². The van der Waals surface area contributed by atoms with Crippen molar-refractivity contribution in [1.29, 1.82) is 0 Å². The monoisotopic (exact) mass is 344 g/mol. The van der Waals surface area contributed by atoms with E-state index in [2.05, 4.69) is 15.9 Å². The minimum Gasteiger partial charge on any atom is -0.480 e. The Morgan fingerprint density at radius 1 is 1.16 bits per heavy atom. The first-order valence-corrected chi connectivity index (χ1v) is 8.33. The summed E-state index contributed by atoms with van der Waals surface area (Å²) < 4.78 is 24.4. The fourth-order valence-corrected chi connectivity index (χ4v) is 5.42. The maximum Gasteiger partial charge on any atom is 0.325 e. The molecule has 0 saturated heterocycles. The van der Waals surface area contributed by atoms with E-state index in [0.29, 0.717) is 0 Å². The Kier molecular flexibility index (Phi) is 2.64. The molecular formula is C13H13BrO4S. The van der Waals surface area contributed by atoms with Gasteiger partial charge in [0.25, 0.3) is 0 Å². The molecule has 0 radical (unpaired) electrons. The number of carboxylic acids is 1. The lowest BCUT2D eigenvalue weighted by Gasteiger charge is -2.44. The second-order valence-corrected chi connectivity index (χ2v) is 8.79. The maximum absolute atomic E-state index is 12.6. The van der Waals surface area contributed by atoms with Crippen LogP contribution in [-0.4, -0.2) is 24.2 Å². The molecule has 0 atom stereocenters. The van der Waals surface area contributed by atoms with Gasteiger partial charge in [0.2, 0.25) is 0 Å². The number of hydrogen-bond acceptors (Lipinski definition) is 3. The average molecular weight is 345 g/mol. The molecule has 6 heteroatoms. The third-order valence-electron chi connectivity index (χ3n) is 4.31. The molecule has 0 unspecified atom stereocenters. The van der Waals surface area contributed by atoms with E-state index in [1.54, 1.807) is 12.1 Å². The molecule has 2 aliphatic rings. The van der Waals surface area contributed by atoms with Gasteiger partial charge in [0.15, 0.2) is 14.6 Å². The normalized spacial score (nSPS) is 22.8. The van der Waals surface area contributed by atoms with Gasteiger partial charge in [-0.15, -0.1) is 0 Å². The average Bonchev–Trinajstić information content (AvgIpc) is 3.06. The van der Waals surface area contributed by atoms with E-state index in [0.717, 1.165) is 17.3 Å². The van der Waals surface area contributed by atoms with Crippen LogP contribution in [0.4, 0.5) is 0 Å². The highest BCUT2D eigenvalue weighted by Gasteiger charge is 2.70. The van der Waals surface area contributed by atoms with Crippen molar-refractivity contribution in [1.82, 2.24) is 0 Å². The van der Waals surface area contributed by atoms with E-state index >= 15 is 0 Å². The molecule has 19 heavy (non-hydrogen) atoms. The van der Waals surface area contributed by atoms with Crippen LogP contribution in [0.3, 0.4) is 0 Å². The third kappa shape index (κ3) is 1.76. The zero-order chi connectivity index (χ0) is 13.9. The van der Waals surface area contributed by atoms with E-state index in [-0.39, 0.29) is 23.2 Å². The molecule has 0 heterocycles. The molecule has 0 aromatic heterocycles. The molecule has 1 aromatic carbocycles. The van der Waals surface area contributed by atoms with Crippen LogP contribution in [0, 0.1) is 5.41 Å². The van der Waals surface area contributed by atoms with Crippen molar-refractivity contribution in [2.45, 2.75) is 35.3 Å². The second kappa shape index (κ2) is 3.82. The van der Waals surface area contributed by atoms with Crippen LogP contribution in [0.15, 0.2) is 33.6 Å². The predicted octanol–water partition coefficient (Wildman–Crippen LogP) is 2.62. The van der Waals surface area contributed by atoms with Gasteiger partial charge in [-0.05, 0) is 55.4 Å². The van der Waals surface area contributed by atoms with Gasteiger partial charge in [0.05, 0.1) is 4.90 Å². The molecule has 102 valence electrons. The second-order valence-electron chi connectivity index (χ2n) is 5.61. The van der Waals surface area contributed by atoms with Gasteiger partial charge in [-0.2, -0.15) is 0 Å². The Bertz CT molecular complexity index is 636. The molecular weight excluding hydrogens is 332 g/mol. The standard InChI is InChI=1S/C13H13BrO4S/c14-9-1-3-10(4-2-9)19(17,18)13(11(15)16)7-12(8-13)5-6-12/h1-4H,5-8H2,(H,15,16). The lowest BCUT2D eigenvalue weighted by Crippen LogP contribution is -2.57. The summed E-state index contributed by atoms with van der Waals surface area (Å²) in [7, 11) is -3.83. The molecule has 1 N–H and O–H groups in total. The molecule has 2 saturated carbocycles. The molecule has 0 amide bonds. The molecule has 1 spiro atoms. The minimum atomic E-state index is -3.83. The minimum absolute atomic E-state index is 0.000817. The topological polar surface area (TPSA) is 71.4 Å². The first kappa shape index (κ1) is 13.1. The van der Waals surface area contributed by atoms with Crippen LogP contribution in [0.5, 0.6) is 0 Å². The van der Waals surface area contributed by atoms with Crippen molar-refractivity contribution in [3.63, 3.8) is 0 Å². The predicted molar refractivity (Wildman–Crippen MR) is 72.6 cm³/mol. The first-order chi connectivity index (χ1) is 8.81. The van der Waals surface area contributed by atoms with Crippen molar-refractivity contribution < 1.29 is 18.3 Å². The summed E-state index contributed by atoms with van der Waals surface area (Å²) in [5.41, 5.74) is 0.000817. The fraction of sp³-hybridized carbons (Fsp3) is 0.462. The van der Waals surface area contributed by atoms with Crippen LogP contribution in [-0.2, 0) is 14.6 Å². The quantitative estimate of drug-likeness (QED) is 0.914. The maximum atomic E-state index is 12.6. The largest absolute Gasteiger partial charge is 0.480 e. The summed E-state index contributed by atoms with van der Waals surface area (Å²) in [5.74, 6) is -1.21. The number of carboxylic acid groups (broad SMARTS) is 1. The highest BCUT2D eigenvalue weighted by Crippen LogP contribution is 2.67. The van der Waals surface area contributed by atoms with E-state index in [1.807, 2.05) is 0 Å². The van der Waals surface area contributed by atoms with Crippen LogP contribution < -0.4 is 0 Å². The van der Waals surface area contributed by atoms with Crippen molar-refractivity contribution in [3.05, 3.63) is 28.7 Å². The van der Waals surface area contributed by atoms with Gasteiger partial charge < -0.3 is 5.11 Å². The number of halogens is 1. The van der Waals surface area contributed by atoms with E-state index in [1.165, 1.54) is 12.1 Å². The highest BCUT2D eigenvalue weighted by molar-refractivity contribution is 9.10. The van der Waals surface area contributed by atoms with Crippen molar-refractivity contribution in [3.8, 4) is 0 Å². The number of hydrogen-bond donors (Lipinski definition) is 1. The molecule has 2 aliphatic carbocycles. The Morgan fingerprint density at radius 3 is 2.11 bits per heavy atom.